The molecule has 0 bridgehead atoms. The molecule has 40 heavy (non-hydrogen) atoms. The highest BCUT2D eigenvalue weighted by atomic mass is 16.5. The zero-order valence-electron chi connectivity index (χ0n) is 23.7. The molecule has 214 valence electrons. The van der Waals surface area contributed by atoms with Crippen LogP contribution in [0.1, 0.15) is 58.3 Å². The normalized spacial score (nSPS) is 27.2. The summed E-state index contributed by atoms with van der Waals surface area (Å²) in [4.78, 5) is 23.1. The van der Waals surface area contributed by atoms with Crippen molar-refractivity contribution in [2.45, 2.75) is 82.8 Å². The van der Waals surface area contributed by atoms with Crippen molar-refractivity contribution >= 4 is 28.0 Å². The van der Waals surface area contributed by atoms with Gasteiger partial charge in [-0.1, -0.05) is 33.8 Å². The molecule has 1 saturated heterocycles. The van der Waals surface area contributed by atoms with Crippen molar-refractivity contribution in [3.8, 4) is 0 Å². The summed E-state index contributed by atoms with van der Waals surface area (Å²) in [5.74, 6) is 1.92. The average molecular weight is 549 g/mol. The Labute approximate surface area is 233 Å². The maximum Gasteiger partial charge on any atom is 0.197 e. The summed E-state index contributed by atoms with van der Waals surface area (Å²) in [5, 5.41) is 22.6. The molecule has 3 atom stereocenters. The lowest BCUT2D eigenvalue weighted by Gasteiger charge is -2.44. The number of nitrogens with zero attached hydrogens (tertiary/aromatic N) is 6. The second-order valence-corrected chi connectivity index (χ2v) is 12.5. The number of anilines is 1. The van der Waals surface area contributed by atoms with Gasteiger partial charge in [-0.15, -0.1) is 0 Å². The Bertz CT molecular complexity index is 1500. The minimum Gasteiger partial charge on any atom is -0.385 e. The molecular formula is C29H40N8O3. The first-order valence-electron chi connectivity index (χ1n) is 14.3. The van der Waals surface area contributed by atoms with E-state index in [0.717, 1.165) is 49.1 Å². The number of nitrogens with two attached hydrogens (primary N) is 1. The van der Waals surface area contributed by atoms with Crippen LogP contribution in [0.15, 0.2) is 30.9 Å². The molecular weight excluding hydrogens is 508 g/mol. The number of ether oxygens (including phenoxy) is 1. The van der Waals surface area contributed by atoms with Crippen molar-refractivity contribution < 1.29 is 14.9 Å². The van der Waals surface area contributed by atoms with Crippen LogP contribution in [0.5, 0.6) is 0 Å². The predicted molar refractivity (Wildman–Crippen MR) is 153 cm³/mol. The predicted octanol–water partition coefficient (Wildman–Crippen LogP) is 2.72. The zero-order chi connectivity index (χ0) is 28.2. The fourth-order valence-corrected chi connectivity index (χ4v) is 6.19. The van der Waals surface area contributed by atoms with Gasteiger partial charge in [0.15, 0.2) is 17.2 Å². The standard InChI is InChI=1S/C29H40N8O3/c1-5-36(13-22-25(38)29(39,14-40-22)37-16-33-24-26(30)31-15-32-27(24)37)19-10-17(11-19)6-9-23-34-20-8-7-18(28(2,3)4)12-21(20)35-23/h7-8,12,15-17,19,22,25,38-39H,5-6,9-11,13-14H2,1-4H3,(H,34,35)(H2,30,31,32)/t17?,19?,22-,25-,29-/m1/s1. The van der Waals surface area contributed by atoms with Gasteiger partial charge in [0.25, 0.3) is 0 Å². The van der Waals surface area contributed by atoms with Crippen molar-refractivity contribution in [1.29, 1.82) is 0 Å². The SMILES string of the molecule is CCN(C[C@H]1OC[C@](O)(n2cnc3c(N)ncnc32)[C@@H]1O)C1CC(CCc2nc3ccc(C(C)(C)C)cc3[nH]2)C1. The molecule has 3 aromatic heterocycles. The van der Waals surface area contributed by atoms with Gasteiger partial charge in [-0.25, -0.2) is 19.9 Å². The summed E-state index contributed by atoms with van der Waals surface area (Å²) in [7, 11) is 0. The van der Waals surface area contributed by atoms with Crippen LogP contribution in [0.25, 0.3) is 22.2 Å². The van der Waals surface area contributed by atoms with E-state index in [1.165, 1.54) is 22.8 Å². The Balaban J connectivity index is 1.04. The monoisotopic (exact) mass is 548 g/mol. The molecule has 1 saturated carbocycles. The van der Waals surface area contributed by atoms with Crippen LogP contribution in [0.2, 0.25) is 0 Å². The number of H-pyrrole nitrogens is 1. The second-order valence-electron chi connectivity index (χ2n) is 12.5. The molecule has 0 amide bonds. The lowest BCUT2D eigenvalue weighted by molar-refractivity contribution is -0.110. The minimum atomic E-state index is -1.68. The van der Waals surface area contributed by atoms with E-state index in [1.54, 1.807) is 0 Å². The average Bonchev–Trinajstić information content (AvgIpc) is 3.59. The summed E-state index contributed by atoms with van der Waals surface area (Å²) in [5.41, 5.74) is 8.54. The number of likely N-dealkylation sites (N-methyl/N-ethyl adjacent to an activating group) is 1. The van der Waals surface area contributed by atoms with Gasteiger partial charge in [0, 0.05) is 19.0 Å². The first-order valence-corrected chi connectivity index (χ1v) is 14.3. The first-order chi connectivity index (χ1) is 19.1. The Hall–Kier alpha value is -3.12. The third kappa shape index (κ3) is 4.74. The fourth-order valence-electron chi connectivity index (χ4n) is 6.19. The molecule has 11 nitrogen and oxygen atoms in total. The number of benzene rings is 1. The molecule has 4 heterocycles. The number of hydrogen-bond acceptors (Lipinski definition) is 9. The van der Waals surface area contributed by atoms with Crippen LogP contribution in [-0.4, -0.2) is 82.5 Å². The lowest BCUT2D eigenvalue weighted by Crippen LogP contribution is -2.52. The number of fused-ring (bicyclic) bond motifs is 2. The quantitative estimate of drug-likeness (QED) is 0.260. The highest BCUT2D eigenvalue weighted by Gasteiger charge is 2.51. The van der Waals surface area contributed by atoms with Crippen molar-refractivity contribution in [1.82, 2.24) is 34.4 Å². The highest BCUT2D eigenvalue weighted by molar-refractivity contribution is 5.81. The number of aliphatic hydroxyl groups excluding tert-OH is 1. The maximum absolute atomic E-state index is 11.4. The molecule has 4 aromatic rings. The van der Waals surface area contributed by atoms with E-state index in [1.807, 2.05) is 0 Å². The molecule has 0 spiro atoms. The summed E-state index contributed by atoms with van der Waals surface area (Å²) in [6, 6.07) is 6.96. The van der Waals surface area contributed by atoms with E-state index in [0.29, 0.717) is 29.7 Å². The van der Waals surface area contributed by atoms with Crippen LogP contribution < -0.4 is 5.73 Å². The molecule has 1 aliphatic heterocycles. The summed E-state index contributed by atoms with van der Waals surface area (Å²) >= 11 is 0. The van der Waals surface area contributed by atoms with E-state index in [4.69, 9.17) is 15.5 Å². The largest absolute Gasteiger partial charge is 0.385 e. The van der Waals surface area contributed by atoms with E-state index >= 15 is 0 Å². The van der Waals surface area contributed by atoms with E-state index in [9.17, 15) is 10.2 Å². The molecule has 0 radical (unpaired) electrons. The molecule has 1 aromatic carbocycles. The van der Waals surface area contributed by atoms with E-state index < -0.39 is 17.9 Å². The number of imidazole rings is 2. The third-order valence-corrected chi connectivity index (χ3v) is 8.85. The van der Waals surface area contributed by atoms with Crippen molar-refractivity contribution in [2.24, 2.45) is 5.92 Å². The van der Waals surface area contributed by atoms with Gasteiger partial charge in [0.2, 0.25) is 0 Å². The Kier molecular flexibility index (Phi) is 6.81. The number of nitrogens with one attached hydrogen (secondary N) is 1. The number of aromatic nitrogens is 6. The number of aromatic amines is 1. The van der Waals surface area contributed by atoms with E-state index in [2.05, 4.69) is 70.7 Å². The van der Waals surface area contributed by atoms with E-state index in [-0.39, 0.29) is 17.8 Å². The summed E-state index contributed by atoms with van der Waals surface area (Å²) < 4.78 is 7.39. The van der Waals surface area contributed by atoms with Crippen LogP contribution in [0.3, 0.4) is 0 Å². The topological polar surface area (TPSA) is 151 Å². The number of aliphatic hydroxyl groups is 2. The number of rotatable bonds is 8. The fraction of sp³-hybridized carbons (Fsp3) is 0.586. The molecule has 2 aliphatic rings. The second kappa shape index (κ2) is 10.1. The Morgan fingerprint density at radius 2 is 2.02 bits per heavy atom. The van der Waals surface area contributed by atoms with Crippen LogP contribution in [-0.2, 0) is 22.3 Å². The molecule has 11 heteroatoms. The van der Waals surface area contributed by atoms with Gasteiger partial charge in [-0.05, 0) is 54.8 Å². The van der Waals surface area contributed by atoms with Gasteiger partial charge in [0.05, 0.1) is 24.0 Å². The molecule has 0 unspecified atom stereocenters. The van der Waals surface area contributed by atoms with Crippen LogP contribution in [0, 0.1) is 5.92 Å². The third-order valence-electron chi connectivity index (χ3n) is 8.85. The van der Waals surface area contributed by atoms with Gasteiger partial charge in [-0.3, -0.25) is 9.47 Å². The van der Waals surface area contributed by atoms with Crippen molar-refractivity contribution in [3.05, 3.63) is 42.2 Å². The zero-order valence-corrected chi connectivity index (χ0v) is 23.7. The Morgan fingerprint density at radius 1 is 1.23 bits per heavy atom. The van der Waals surface area contributed by atoms with Crippen molar-refractivity contribution in [2.75, 3.05) is 25.4 Å². The lowest BCUT2D eigenvalue weighted by atomic mass is 9.76. The van der Waals surface area contributed by atoms with Crippen molar-refractivity contribution in [3.63, 3.8) is 0 Å². The summed E-state index contributed by atoms with van der Waals surface area (Å²) in [6.45, 7) is 10.1. The summed E-state index contributed by atoms with van der Waals surface area (Å²) in [6.07, 6.45) is 5.34. The smallest absolute Gasteiger partial charge is 0.197 e. The number of hydrogen-bond donors (Lipinski definition) is 4. The van der Waals surface area contributed by atoms with Gasteiger partial charge < -0.3 is 25.7 Å². The molecule has 5 N–H and O–H groups in total. The minimum absolute atomic E-state index is 0.0617. The van der Waals surface area contributed by atoms with Crippen LogP contribution in [0.4, 0.5) is 5.82 Å². The molecule has 6 rings (SSSR count). The maximum atomic E-state index is 11.4. The highest BCUT2D eigenvalue weighted by Crippen LogP contribution is 2.38. The first kappa shape index (κ1) is 27.1. The number of nitrogen functional groups attached to an aromatic ring is 1. The van der Waals surface area contributed by atoms with Gasteiger partial charge in [0.1, 0.15) is 29.9 Å². The van der Waals surface area contributed by atoms with Crippen LogP contribution >= 0.6 is 0 Å². The number of aryl methyl sites for hydroxylation is 1. The molecule has 2 fully saturated rings. The van der Waals surface area contributed by atoms with Gasteiger partial charge in [-0.2, -0.15) is 0 Å². The molecule has 1 aliphatic carbocycles. The Morgan fingerprint density at radius 3 is 2.77 bits per heavy atom. The van der Waals surface area contributed by atoms with Gasteiger partial charge >= 0.3 is 0 Å².